The number of rotatable bonds is 10. The van der Waals surface area contributed by atoms with Crippen LogP contribution in [0.1, 0.15) is 45.4 Å². The van der Waals surface area contributed by atoms with Crippen LogP contribution in [0.4, 0.5) is 0 Å². The molecule has 0 saturated carbocycles. The van der Waals surface area contributed by atoms with E-state index < -0.39 is 0 Å². The Bertz CT molecular complexity index is 507. The number of ether oxygens (including phenoxy) is 1. The summed E-state index contributed by atoms with van der Waals surface area (Å²) in [5.41, 5.74) is 0. The van der Waals surface area contributed by atoms with Crippen LogP contribution in [0.3, 0.4) is 0 Å². The minimum absolute atomic E-state index is 0.831. The van der Waals surface area contributed by atoms with Crippen molar-refractivity contribution in [2.24, 2.45) is 0 Å². The van der Waals surface area contributed by atoms with Crippen molar-refractivity contribution in [2.75, 3.05) is 6.61 Å². The topological polar surface area (TPSA) is 9.23 Å². The van der Waals surface area contributed by atoms with Crippen molar-refractivity contribution < 1.29 is 4.74 Å². The second-order valence-corrected chi connectivity index (χ2v) is 6.65. The molecule has 0 aromatic heterocycles. The minimum atomic E-state index is 0.831. The van der Waals surface area contributed by atoms with Gasteiger partial charge in [-0.15, -0.1) is 0 Å². The SMILES string of the molecule is CCCCCCCCOc1ccc(Sc2ccccc2)cc1. The smallest absolute Gasteiger partial charge is 0.119 e. The first-order valence-electron chi connectivity index (χ1n) is 8.34. The highest BCUT2D eigenvalue weighted by Crippen LogP contribution is 2.28. The Morgan fingerprint density at radius 1 is 0.727 bits per heavy atom. The van der Waals surface area contributed by atoms with E-state index in [0.717, 1.165) is 18.8 Å². The van der Waals surface area contributed by atoms with E-state index in [1.165, 1.54) is 41.9 Å². The zero-order valence-electron chi connectivity index (χ0n) is 13.5. The van der Waals surface area contributed by atoms with Gasteiger partial charge in [-0.2, -0.15) is 0 Å². The van der Waals surface area contributed by atoms with Crippen LogP contribution in [0.5, 0.6) is 5.75 Å². The van der Waals surface area contributed by atoms with E-state index in [9.17, 15) is 0 Å². The predicted octanol–water partition coefficient (Wildman–Crippen LogP) is 6.58. The van der Waals surface area contributed by atoms with Crippen LogP contribution < -0.4 is 4.74 Å². The van der Waals surface area contributed by atoms with Crippen LogP contribution in [-0.2, 0) is 0 Å². The lowest BCUT2D eigenvalue weighted by molar-refractivity contribution is 0.304. The highest BCUT2D eigenvalue weighted by Gasteiger charge is 1.98. The maximum Gasteiger partial charge on any atom is 0.119 e. The summed E-state index contributed by atoms with van der Waals surface area (Å²) in [6.45, 7) is 3.08. The van der Waals surface area contributed by atoms with Gasteiger partial charge in [0.25, 0.3) is 0 Å². The number of hydrogen-bond acceptors (Lipinski definition) is 2. The van der Waals surface area contributed by atoms with Crippen molar-refractivity contribution in [2.45, 2.75) is 55.2 Å². The number of unbranched alkanes of at least 4 members (excludes halogenated alkanes) is 5. The van der Waals surface area contributed by atoms with E-state index in [0.29, 0.717) is 0 Å². The molecule has 0 spiro atoms. The van der Waals surface area contributed by atoms with E-state index in [2.05, 4.69) is 55.5 Å². The molecule has 2 aromatic rings. The molecule has 0 heterocycles. The molecule has 0 aliphatic carbocycles. The molecule has 0 atom stereocenters. The molecule has 22 heavy (non-hydrogen) atoms. The lowest BCUT2D eigenvalue weighted by atomic mass is 10.1. The Balaban J connectivity index is 1.66. The molecular formula is C20H26OS. The van der Waals surface area contributed by atoms with Crippen LogP contribution in [0.2, 0.25) is 0 Å². The van der Waals surface area contributed by atoms with Crippen molar-refractivity contribution >= 4 is 11.8 Å². The summed E-state index contributed by atoms with van der Waals surface area (Å²) in [6.07, 6.45) is 7.81. The molecule has 0 amide bonds. The Morgan fingerprint density at radius 2 is 1.36 bits per heavy atom. The molecule has 118 valence electrons. The molecule has 0 fully saturated rings. The maximum atomic E-state index is 5.81. The van der Waals surface area contributed by atoms with Gasteiger partial charge in [-0.05, 0) is 42.8 Å². The standard InChI is InChI=1S/C20H26OS/c1-2-3-4-5-6-10-17-21-18-13-15-20(16-14-18)22-19-11-8-7-9-12-19/h7-9,11-16H,2-6,10,17H2,1H3. The van der Waals surface area contributed by atoms with Gasteiger partial charge in [0, 0.05) is 9.79 Å². The summed E-state index contributed by atoms with van der Waals surface area (Å²) in [4.78, 5) is 2.52. The molecule has 2 heteroatoms. The molecular weight excluding hydrogens is 288 g/mol. The second kappa shape index (κ2) is 10.3. The first-order chi connectivity index (χ1) is 10.9. The van der Waals surface area contributed by atoms with Gasteiger partial charge in [0.05, 0.1) is 6.61 Å². The number of benzene rings is 2. The highest BCUT2D eigenvalue weighted by atomic mass is 32.2. The van der Waals surface area contributed by atoms with Gasteiger partial charge < -0.3 is 4.74 Å². The van der Waals surface area contributed by atoms with Crippen LogP contribution in [0, 0.1) is 0 Å². The van der Waals surface area contributed by atoms with Crippen LogP contribution in [0.25, 0.3) is 0 Å². The summed E-state index contributed by atoms with van der Waals surface area (Å²) in [5, 5.41) is 0. The molecule has 2 aromatic carbocycles. The Labute approximate surface area is 139 Å². The summed E-state index contributed by atoms with van der Waals surface area (Å²) < 4.78 is 5.81. The van der Waals surface area contributed by atoms with E-state index >= 15 is 0 Å². The zero-order valence-corrected chi connectivity index (χ0v) is 14.3. The minimum Gasteiger partial charge on any atom is -0.494 e. The van der Waals surface area contributed by atoms with Crippen molar-refractivity contribution in [1.82, 2.24) is 0 Å². The van der Waals surface area contributed by atoms with E-state index in [1.54, 1.807) is 11.8 Å². The Morgan fingerprint density at radius 3 is 2.09 bits per heavy atom. The third kappa shape index (κ3) is 6.57. The lowest BCUT2D eigenvalue weighted by Gasteiger charge is -2.07. The lowest BCUT2D eigenvalue weighted by Crippen LogP contribution is -1.97. The fourth-order valence-electron chi connectivity index (χ4n) is 2.30. The van der Waals surface area contributed by atoms with Gasteiger partial charge >= 0.3 is 0 Å². The molecule has 0 N–H and O–H groups in total. The molecule has 0 radical (unpaired) electrons. The molecule has 0 aliphatic rings. The van der Waals surface area contributed by atoms with Gasteiger partial charge in [0.1, 0.15) is 5.75 Å². The van der Waals surface area contributed by atoms with Crippen LogP contribution in [-0.4, -0.2) is 6.61 Å². The third-order valence-corrected chi connectivity index (χ3v) is 4.58. The summed E-state index contributed by atoms with van der Waals surface area (Å²) in [5.74, 6) is 0.978. The Kier molecular flexibility index (Phi) is 7.97. The van der Waals surface area contributed by atoms with Crippen molar-refractivity contribution in [3.63, 3.8) is 0 Å². The average Bonchev–Trinajstić information content (AvgIpc) is 2.56. The van der Waals surface area contributed by atoms with Crippen LogP contribution in [0.15, 0.2) is 64.4 Å². The van der Waals surface area contributed by atoms with Crippen molar-refractivity contribution in [3.8, 4) is 5.75 Å². The van der Waals surface area contributed by atoms with Crippen LogP contribution >= 0.6 is 11.8 Å². The van der Waals surface area contributed by atoms with Gasteiger partial charge in [-0.1, -0.05) is 69.0 Å². The fourth-order valence-corrected chi connectivity index (χ4v) is 3.14. The van der Waals surface area contributed by atoms with E-state index in [1.807, 2.05) is 6.07 Å². The van der Waals surface area contributed by atoms with Gasteiger partial charge in [0.15, 0.2) is 0 Å². The van der Waals surface area contributed by atoms with Gasteiger partial charge in [-0.3, -0.25) is 0 Å². The van der Waals surface area contributed by atoms with Gasteiger partial charge in [0.2, 0.25) is 0 Å². The summed E-state index contributed by atoms with van der Waals surface area (Å²) in [7, 11) is 0. The number of hydrogen-bond donors (Lipinski definition) is 0. The first kappa shape index (κ1) is 17.0. The normalized spacial score (nSPS) is 10.6. The van der Waals surface area contributed by atoms with E-state index in [-0.39, 0.29) is 0 Å². The van der Waals surface area contributed by atoms with Crippen molar-refractivity contribution in [3.05, 3.63) is 54.6 Å². The third-order valence-electron chi connectivity index (χ3n) is 3.57. The molecule has 0 aliphatic heterocycles. The quantitative estimate of drug-likeness (QED) is 0.458. The molecule has 2 rings (SSSR count). The van der Waals surface area contributed by atoms with Crippen molar-refractivity contribution in [1.29, 1.82) is 0 Å². The molecule has 0 saturated heterocycles. The first-order valence-corrected chi connectivity index (χ1v) is 9.16. The highest BCUT2D eigenvalue weighted by molar-refractivity contribution is 7.99. The zero-order chi connectivity index (χ0) is 15.5. The van der Waals surface area contributed by atoms with E-state index in [4.69, 9.17) is 4.74 Å². The predicted molar refractivity (Wildman–Crippen MR) is 95.9 cm³/mol. The monoisotopic (exact) mass is 314 g/mol. The molecule has 0 bridgehead atoms. The summed E-state index contributed by atoms with van der Waals surface area (Å²) >= 11 is 1.78. The average molecular weight is 314 g/mol. The van der Waals surface area contributed by atoms with Gasteiger partial charge in [-0.25, -0.2) is 0 Å². The fraction of sp³-hybridized carbons (Fsp3) is 0.400. The largest absolute Gasteiger partial charge is 0.494 e. The molecule has 1 nitrogen and oxygen atoms in total. The molecule has 0 unspecified atom stereocenters. The Hall–Kier alpha value is -1.41. The maximum absolute atomic E-state index is 5.81. The summed E-state index contributed by atoms with van der Waals surface area (Å²) in [6, 6.07) is 18.9. The second-order valence-electron chi connectivity index (χ2n) is 5.50.